The van der Waals surface area contributed by atoms with Crippen LogP contribution in [0.1, 0.15) is 128 Å². The van der Waals surface area contributed by atoms with Gasteiger partial charge in [0.15, 0.2) is 0 Å². The lowest BCUT2D eigenvalue weighted by molar-refractivity contribution is -0.135. The minimum atomic E-state index is -0.119. The molecule has 210 valence electrons. The third-order valence-electron chi connectivity index (χ3n) is 6.96. The van der Waals surface area contributed by atoms with E-state index in [4.69, 9.17) is 9.47 Å². The van der Waals surface area contributed by atoms with Crippen LogP contribution >= 0.6 is 0 Å². The summed E-state index contributed by atoms with van der Waals surface area (Å²) in [6.07, 6.45) is 23.7. The van der Waals surface area contributed by atoms with E-state index in [0.29, 0.717) is 24.3 Å². The first-order valence-electron chi connectivity index (χ1n) is 15.3. The van der Waals surface area contributed by atoms with Crippen molar-refractivity contribution in [1.29, 1.82) is 0 Å². The Morgan fingerprint density at radius 2 is 0.605 bits per heavy atom. The molecule has 2 aromatic rings. The first kappa shape index (κ1) is 31.6. The van der Waals surface area contributed by atoms with E-state index in [9.17, 15) is 9.59 Å². The Bertz CT molecular complexity index is 763. The highest BCUT2D eigenvalue weighted by Crippen LogP contribution is 2.16. The van der Waals surface area contributed by atoms with Crippen molar-refractivity contribution < 1.29 is 19.1 Å². The number of esters is 2. The number of benzene rings is 2. The van der Waals surface area contributed by atoms with Crippen molar-refractivity contribution in [3.63, 3.8) is 0 Å². The molecule has 0 N–H and O–H groups in total. The van der Waals surface area contributed by atoms with Crippen LogP contribution in [0.5, 0.6) is 11.5 Å². The van der Waals surface area contributed by atoms with Gasteiger partial charge in [-0.15, -0.1) is 0 Å². The summed E-state index contributed by atoms with van der Waals surface area (Å²) < 4.78 is 10.6. The zero-order valence-electron chi connectivity index (χ0n) is 23.5. The number of ether oxygens (including phenoxy) is 2. The summed E-state index contributed by atoms with van der Waals surface area (Å²) in [4.78, 5) is 23.6. The molecule has 38 heavy (non-hydrogen) atoms. The molecule has 4 nitrogen and oxygen atoms in total. The number of carbonyl (C=O) groups is 2. The first-order valence-corrected chi connectivity index (χ1v) is 15.3. The third-order valence-corrected chi connectivity index (χ3v) is 6.96. The summed E-state index contributed by atoms with van der Waals surface area (Å²) in [6.45, 7) is 0. The molecule has 0 aliphatic carbocycles. The van der Waals surface area contributed by atoms with E-state index in [1.807, 2.05) is 60.7 Å². The smallest absolute Gasteiger partial charge is 0.311 e. The zero-order chi connectivity index (χ0) is 26.9. The second kappa shape index (κ2) is 22.4. The highest BCUT2D eigenvalue weighted by molar-refractivity contribution is 5.72. The van der Waals surface area contributed by atoms with Crippen LogP contribution in [-0.4, -0.2) is 11.9 Å². The van der Waals surface area contributed by atoms with E-state index in [2.05, 4.69) is 0 Å². The predicted molar refractivity (Wildman–Crippen MR) is 156 cm³/mol. The molecule has 0 radical (unpaired) electrons. The van der Waals surface area contributed by atoms with Gasteiger partial charge in [0, 0.05) is 12.8 Å². The number of hydrogen-bond acceptors (Lipinski definition) is 4. The minimum Gasteiger partial charge on any atom is -0.427 e. The molecule has 0 saturated carbocycles. The highest BCUT2D eigenvalue weighted by atomic mass is 16.5. The van der Waals surface area contributed by atoms with Gasteiger partial charge in [0.2, 0.25) is 0 Å². The highest BCUT2D eigenvalue weighted by Gasteiger charge is 2.05. The van der Waals surface area contributed by atoms with Crippen LogP contribution in [0.2, 0.25) is 0 Å². The summed E-state index contributed by atoms with van der Waals surface area (Å²) in [7, 11) is 0. The van der Waals surface area contributed by atoms with Crippen LogP contribution in [0.4, 0.5) is 0 Å². The second-order valence-corrected chi connectivity index (χ2v) is 10.4. The molecule has 0 amide bonds. The normalized spacial score (nSPS) is 10.8. The van der Waals surface area contributed by atoms with Crippen LogP contribution in [-0.2, 0) is 9.59 Å². The predicted octanol–water partition coefficient (Wildman–Crippen LogP) is 10.00. The number of hydrogen-bond donors (Lipinski definition) is 0. The fourth-order valence-corrected chi connectivity index (χ4v) is 4.71. The molecule has 0 aliphatic heterocycles. The van der Waals surface area contributed by atoms with Crippen molar-refractivity contribution in [2.24, 2.45) is 0 Å². The van der Waals surface area contributed by atoms with Gasteiger partial charge in [-0.1, -0.05) is 139 Å². The molecule has 0 spiro atoms. The van der Waals surface area contributed by atoms with Gasteiger partial charge in [0.05, 0.1) is 0 Å². The Kier molecular flexibility index (Phi) is 18.6. The van der Waals surface area contributed by atoms with Crippen molar-refractivity contribution in [2.45, 2.75) is 128 Å². The fraction of sp³-hybridized carbons (Fsp3) is 0.588. The molecule has 2 aromatic carbocycles. The molecule has 0 heterocycles. The van der Waals surface area contributed by atoms with Gasteiger partial charge in [-0.05, 0) is 37.1 Å². The van der Waals surface area contributed by atoms with Crippen molar-refractivity contribution in [1.82, 2.24) is 0 Å². The maximum Gasteiger partial charge on any atom is 0.311 e. The van der Waals surface area contributed by atoms with Crippen molar-refractivity contribution in [3.05, 3.63) is 60.7 Å². The lowest BCUT2D eigenvalue weighted by atomic mass is 10.0. The van der Waals surface area contributed by atoms with Crippen molar-refractivity contribution in [2.75, 3.05) is 0 Å². The molecule has 0 fully saturated rings. The lowest BCUT2D eigenvalue weighted by Crippen LogP contribution is -2.07. The summed E-state index contributed by atoms with van der Waals surface area (Å²) in [5, 5.41) is 0. The summed E-state index contributed by atoms with van der Waals surface area (Å²) in [5.41, 5.74) is 0. The SMILES string of the molecule is O=C(CCCCCCCCCCCCCCCCCCCCC(=O)Oc1ccccc1)Oc1ccccc1. The molecule has 0 unspecified atom stereocenters. The van der Waals surface area contributed by atoms with E-state index in [0.717, 1.165) is 25.7 Å². The summed E-state index contributed by atoms with van der Waals surface area (Å²) >= 11 is 0. The number of para-hydroxylation sites is 2. The quantitative estimate of drug-likeness (QED) is 0.0827. The van der Waals surface area contributed by atoms with Crippen LogP contribution < -0.4 is 9.47 Å². The number of carbonyl (C=O) groups excluding carboxylic acids is 2. The average molecular weight is 523 g/mol. The van der Waals surface area contributed by atoms with Crippen LogP contribution in [0.25, 0.3) is 0 Å². The van der Waals surface area contributed by atoms with Gasteiger partial charge in [-0.3, -0.25) is 9.59 Å². The number of unbranched alkanes of at least 4 members (excludes halogenated alkanes) is 17. The molecular weight excluding hydrogens is 472 g/mol. The van der Waals surface area contributed by atoms with Gasteiger partial charge in [0.1, 0.15) is 11.5 Å². The number of rotatable bonds is 23. The maximum atomic E-state index is 11.8. The molecule has 0 saturated heterocycles. The second-order valence-electron chi connectivity index (χ2n) is 10.4. The summed E-state index contributed by atoms with van der Waals surface area (Å²) in [5.74, 6) is 1.04. The first-order chi connectivity index (χ1) is 18.7. The fourth-order valence-electron chi connectivity index (χ4n) is 4.71. The molecule has 0 bridgehead atoms. The molecule has 0 aliphatic rings. The van der Waals surface area contributed by atoms with E-state index in [1.165, 1.54) is 89.9 Å². The Morgan fingerprint density at radius 1 is 0.368 bits per heavy atom. The average Bonchev–Trinajstić information content (AvgIpc) is 2.93. The third kappa shape index (κ3) is 17.8. The topological polar surface area (TPSA) is 52.6 Å². The van der Waals surface area contributed by atoms with Gasteiger partial charge >= 0.3 is 11.9 Å². The Labute approximate surface area is 231 Å². The van der Waals surface area contributed by atoms with Crippen molar-refractivity contribution >= 4 is 11.9 Å². The van der Waals surface area contributed by atoms with E-state index >= 15 is 0 Å². The maximum absolute atomic E-state index is 11.8. The van der Waals surface area contributed by atoms with Gasteiger partial charge < -0.3 is 9.47 Å². The summed E-state index contributed by atoms with van der Waals surface area (Å²) in [6, 6.07) is 18.6. The van der Waals surface area contributed by atoms with E-state index < -0.39 is 0 Å². The van der Waals surface area contributed by atoms with Crippen LogP contribution in [0, 0.1) is 0 Å². The minimum absolute atomic E-state index is 0.119. The van der Waals surface area contributed by atoms with Gasteiger partial charge in [-0.25, -0.2) is 0 Å². The van der Waals surface area contributed by atoms with E-state index in [1.54, 1.807) is 0 Å². The molecule has 2 rings (SSSR count). The molecular formula is C34H50O4. The molecule has 0 aromatic heterocycles. The standard InChI is InChI=1S/C34H50O4/c35-33(37-31-25-19-17-20-26-31)29-23-15-13-11-9-7-5-3-1-2-4-6-8-10-12-14-16-24-30-34(36)38-32-27-21-18-22-28-32/h17-22,25-28H,1-16,23-24,29-30H2. The van der Waals surface area contributed by atoms with Crippen LogP contribution in [0.3, 0.4) is 0 Å². The van der Waals surface area contributed by atoms with Crippen LogP contribution in [0.15, 0.2) is 60.7 Å². The molecule has 0 atom stereocenters. The largest absolute Gasteiger partial charge is 0.427 e. The zero-order valence-corrected chi connectivity index (χ0v) is 23.5. The Hall–Kier alpha value is -2.62. The Balaban J connectivity index is 1.23. The Morgan fingerprint density at radius 3 is 0.868 bits per heavy atom. The molecule has 4 heteroatoms. The monoisotopic (exact) mass is 522 g/mol. The van der Waals surface area contributed by atoms with Gasteiger partial charge in [0.25, 0.3) is 0 Å². The lowest BCUT2D eigenvalue weighted by Gasteiger charge is -2.05. The van der Waals surface area contributed by atoms with E-state index in [-0.39, 0.29) is 11.9 Å². The van der Waals surface area contributed by atoms with Crippen molar-refractivity contribution in [3.8, 4) is 11.5 Å². The van der Waals surface area contributed by atoms with Gasteiger partial charge in [-0.2, -0.15) is 0 Å².